The number of hydrogen-bond donors (Lipinski definition) is 1. The maximum absolute atomic E-state index is 12.0. The summed E-state index contributed by atoms with van der Waals surface area (Å²) in [6, 6.07) is 2.25. The molecule has 0 aromatic heterocycles. The molecule has 0 unspecified atom stereocenters. The monoisotopic (exact) mass is 341 g/mol. The largest absolute Gasteiger partial charge is 0.504 e. The number of likely N-dealkylation sites (N-methyl/N-ethyl adjacent to an activating group) is 1. The molecule has 1 aliphatic heterocycles. The van der Waals surface area contributed by atoms with Gasteiger partial charge >= 0.3 is 0 Å². The first-order chi connectivity index (χ1) is 12.0. The smallest absolute Gasteiger partial charge is 0.219 e. The van der Waals surface area contributed by atoms with Gasteiger partial charge in [-0.05, 0) is 55.7 Å². The molecule has 1 N–H and O–H groups in total. The van der Waals surface area contributed by atoms with E-state index in [1.165, 1.54) is 18.2 Å². The first-order valence-corrected chi connectivity index (χ1v) is 8.64. The Morgan fingerprint density at radius 1 is 1.32 bits per heavy atom. The molecule has 0 bridgehead atoms. The van der Waals surface area contributed by atoms with Crippen LogP contribution >= 0.6 is 0 Å². The van der Waals surface area contributed by atoms with E-state index in [1.807, 2.05) is 18.2 Å². The van der Waals surface area contributed by atoms with Crippen LogP contribution in [0.25, 0.3) is 0 Å². The second-order valence-electron chi connectivity index (χ2n) is 7.11. The van der Waals surface area contributed by atoms with Gasteiger partial charge in [0.05, 0.1) is 14.2 Å². The van der Waals surface area contributed by atoms with Crippen molar-refractivity contribution in [3.63, 3.8) is 0 Å². The summed E-state index contributed by atoms with van der Waals surface area (Å²) >= 11 is 0. The number of carbonyl (C=O) groups excluding carboxylic acids is 1. The highest BCUT2D eigenvalue weighted by Gasteiger charge is 2.45. The fraction of sp³-hybridized carbons (Fsp3) is 0.450. The molecule has 5 heteroatoms. The van der Waals surface area contributed by atoms with Crippen molar-refractivity contribution < 1.29 is 19.4 Å². The number of nitrogens with zero attached hydrogens (tertiary/aromatic N) is 1. The van der Waals surface area contributed by atoms with Crippen molar-refractivity contribution in [1.29, 1.82) is 0 Å². The molecule has 0 saturated carbocycles. The highest BCUT2D eigenvalue weighted by Crippen LogP contribution is 2.55. The Morgan fingerprint density at radius 3 is 2.84 bits per heavy atom. The predicted molar refractivity (Wildman–Crippen MR) is 93.9 cm³/mol. The summed E-state index contributed by atoms with van der Waals surface area (Å²) in [7, 11) is 5.22. The van der Waals surface area contributed by atoms with Gasteiger partial charge in [0.25, 0.3) is 0 Å². The van der Waals surface area contributed by atoms with Crippen molar-refractivity contribution in [3.8, 4) is 11.5 Å². The zero-order valence-corrected chi connectivity index (χ0v) is 14.8. The summed E-state index contributed by atoms with van der Waals surface area (Å²) in [5, 5.41) is 11.0. The van der Waals surface area contributed by atoms with Crippen LogP contribution in [0.1, 0.15) is 35.6 Å². The lowest BCUT2D eigenvalue weighted by Crippen LogP contribution is -2.41. The number of carbonyl (C=O) groups is 1. The molecule has 0 amide bonds. The van der Waals surface area contributed by atoms with Crippen LogP contribution in [0.4, 0.5) is 0 Å². The third-order valence-electron chi connectivity index (χ3n) is 5.89. The van der Waals surface area contributed by atoms with Crippen LogP contribution in [0, 0.1) is 0 Å². The fourth-order valence-corrected chi connectivity index (χ4v) is 4.60. The van der Waals surface area contributed by atoms with Crippen molar-refractivity contribution >= 4 is 5.78 Å². The van der Waals surface area contributed by atoms with Gasteiger partial charge in [-0.2, -0.15) is 0 Å². The molecule has 2 aliphatic carbocycles. The molecule has 1 aromatic carbocycles. The van der Waals surface area contributed by atoms with E-state index in [9.17, 15) is 9.90 Å². The van der Waals surface area contributed by atoms with Crippen molar-refractivity contribution in [3.05, 3.63) is 46.7 Å². The van der Waals surface area contributed by atoms with Crippen LogP contribution < -0.4 is 4.74 Å². The lowest BCUT2D eigenvalue weighted by molar-refractivity contribution is -0.114. The number of aromatic hydroxyl groups is 1. The predicted octanol–water partition coefficient (Wildman–Crippen LogP) is 2.63. The van der Waals surface area contributed by atoms with Crippen molar-refractivity contribution in [2.75, 3.05) is 27.8 Å². The number of allylic oxidation sites excluding steroid dienone is 3. The summed E-state index contributed by atoms with van der Waals surface area (Å²) in [6.45, 7) is 0.992. The Bertz CT molecular complexity index is 810. The van der Waals surface area contributed by atoms with Crippen molar-refractivity contribution in [2.45, 2.75) is 30.7 Å². The highest BCUT2D eigenvalue weighted by atomic mass is 16.5. The number of benzene rings is 1. The summed E-state index contributed by atoms with van der Waals surface area (Å²) in [5.74, 6) is 0.868. The van der Waals surface area contributed by atoms with Gasteiger partial charge in [0.2, 0.25) is 5.78 Å². The number of ether oxygens (including phenoxy) is 2. The van der Waals surface area contributed by atoms with Gasteiger partial charge in [-0.1, -0.05) is 6.08 Å². The number of phenols is 1. The van der Waals surface area contributed by atoms with Gasteiger partial charge in [0.15, 0.2) is 17.3 Å². The van der Waals surface area contributed by atoms with E-state index in [2.05, 4.69) is 11.9 Å². The lowest BCUT2D eigenvalue weighted by Gasteiger charge is -2.46. The average molecular weight is 341 g/mol. The normalized spacial score (nSPS) is 27.9. The van der Waals surface area contributed by atoms with Gasteiger partial charge in [0, 0.05) is 23.6 Å². The Balaban J connectivity index is 2.01. The summed E-state index contributed by atoms with van der Waals surface area (Å²) in [6.07, 6.45) is 8.05. The Morgan fingerprint density at radius 2 is 2.12 bits per heavy atom. The highest BCUT2D eigenvalue weighted by molar-refractivity contribution is 6.04. The third-order valence-corrected chi connectivity index (χ3v) is 5.89. The second kappa shape index (κ2) is 5.63. The first-order valence-electron chi connectivity index (χ1n) is 8.64. The lowest BCUT2D eigenvalue weighted by atomic mass is 9.64. The van der Waals surface area contributed by atoms with E-state index in [1.54, 1.807) is 13.2 Å². The number of ketones is 1. The average Bonchev–Trinajstić information content (AvgIpc) is 2.62. The minimum atomic E-state index is -0.531. The van der Waals surface area contributed by atoms with E-state index in [-0.39, 0.29) is 17.6 Å². The number of methoxy groups -OCH3 is 2. The van der Waals surface area contributed by atoms with Gasteiger partial charge in [-0.15, -0.1) is 0 Å². The zero-order chi connectivity index (χ0) is 17.8. The standard InChI is InChI=1S/C20H23NO4/c1-21-9-6-12-10-15(24-2)19(23)18-17(12)13(21)4-7-20(18)8-5-14(22)16(11-20)25-3/h5,8,10-11,13,23H,4,6-7,9H2,1-3H3/t13-,20+/m0/s1. The number of hydrogen-bond acceptors (Lipinski definition) is 5. The molecule has 5 nitrogen and oxygen atoms in total. The SMILES string of the molecule is COC1=C[C@]2(C=CC1=O)CC[C@H]1c3c(cc(OC)c(O)c32)CCN1C. The van der Waals surface area contributed by atoms with E-state index in [0.29, 0.717) is 11.5 Å². The van der Waals surface area contributed by atoms with Crippen molar-refractivity contribution in [1.82, 2.24) is 4.90 Å². The quantitative estimate of drug-likeness (QED) is 0.896. The third kappa shape index (κ3) is 2.22. The summed E-state index contributed by atoms with van der Waals surface area (Å²) in [5.41, 5.74) is 2.74. The summed E-state index contributed by atoms with van der Waals surface area (Å²) in [4.78, 5) is 14.4. The van der Waals surface area contributed by atoms with E-state index < -0.39 is 5.41 Å². The van der Waals surface area contributed by atoms with Crippen LogP contribution in [-0.2, 0) is 21.4 Å². The maximum Gasteiger partial charge on any atom is 0.219 e. The molecule has 3 aliphatic rings. The van der Waals surface area contributed by atoms with Crippen LogP contribution in [0.3, 0.4) is 0 Å². The van der Waals surface area contributed by atoms with Crippen LogP contribution in [0.15, 0.2) is 30.1 Å². The molecular formula is C20H23NO4. The molecule has 0 radical (unpaired) electrons. The molecule has 1 heterocycles. The van der Waals surface area contributed by atoms with Gasteiger partial charge < -0.3 is 14.6 Å². The number of rotatable bonds is 2. The van der Waals surface area contributed by atoms with Crippen LogP contribution in [0.5, 0.6) is 11.5 Å². The maximum atomic E-state index is 12.0. The molecule has 1 spiro atoms. The van der Waals surface area contributed by atoms with Crippen LogP contribution in [0.2, 0.25) is 0 Å². The molecular weight excluding hydrogens is 318 g/mol. The Hall–Kier alpha value is -2.27. The minimum absolute atomic E-state index is 0.136. The zero-order valence-electron chi connectivity index (χ0n) is 14.8. The van der Waals surface area contributed by atoms with Gasteiger partial charge in [-0.25, -0.2) is 0 Å². The molecule has 0 saturated heterocycles. The van der Waals surface area contributed by atoms with Crippen LogP contribution in [-0.4, -0.2) is 43.6 Å². The molecule has 0 fully saturated rings. The fourth-order valence-electron chi connectivity index (χ4n) is 4.60. The topological polar surface area (TPSA) is 59.0 Å². The summed E-state index contributed by atoms with van der Waals surface area (Å²) < 4.78 is 10.7. The molecule has 132 valence electrons. The first kappa shape index (κ1) is 16.2. The molecule has 2 atom stereocenters. The van der Waals surface area contributed by atoms with Gasteiger partial charge in [-0.3, -0.25) is 9.69 Å². The van der Waals surface area contributed by atoms with Gasteiger partial charge in [0.1, 0.15) is 0 Å². The second-order valence-corrected chi connectivity index (χ2v) is 7.11. The van der Waals surface area contributed by atoms with E-state index in [4.69, 9.17) is 9.47 Å². The number of fused-ring (bicyclic) bond motifs is 1. The molecule has 1 aromatic rings. The van der Waals surface area contributed by atoms with E-state index in [0.717, 1.165) is 31.4 Å². The Kier molecular flexibility index (Phi) is 3.65. The minimum Gasteiger partial charge on any atom is -0.504 e. The van der Waals surface area contributed by atoms with Crippen molar-refractivity contribution in [2.24, 2.45) is 0 Å². The Labute approximate surface area is 147 Å². The molecule has 25 heavy (non-hydrogen) atoms. The molecule has 4 rings (SSSR count). The van der Waals surface area contributed by atoms with E-state index >= 15 is 0 Å². The number of phenolic OH excluding ortho intramolecular Hbond substituents is 1.